The highest BCUT2D eigenvalue weighted by Gasteiger charge is 2.13. The minimum Gasteiger partial charge on any atom is -0.493 e. The number of ether oxygens (including phenoxy) is 3. The standard InChI is InChI=1S/C25H27N4O4/c1-31-21-13-18(14-22(32-2)25(21)33-3)28-15-17-9-7-16(8-10-17)11-12-23(30)29-20-6-4-5-19(26)24(20)27/h4-14,28H,15,26-27H2,1-3H3. The van der Waals surface area contributed by atoms with Crippen molar-refractivity contribution in [2.45, 2.75) is 6.54 Å². The maximum absolute atomic E-state index is 12.1. The smallest absolute Gasteiger partial charge is 0.270 e. The van der Waals surface area contributed by atoms with Gasteiger partial charge in [0, 0.05) is 30.4 Å². The van der Waals surface area contributed by atoms with Crippen molar-refractivity contribution in [2.24, 2.45) is 0 Å². The molecule has 3 aromatic rings. The van der Waals surface area contributed by atoms with Gasteiger partial charge in [0.15, 0.2) is 11.5 Å². The van der Waals surface area contributed by atoms with Gasteiger partial charge in [-0.1, -0.05) is 30.3 Å². The second-order valence-corrected chi connectivity index (χ2v) is 7.07. The van der Waals surface area contributed by atoms with Crippen LogP contribution in [0.1, 0.15) is 11.1 Å². The van der Waals surface area contributed by atoms with E-state index in [0.29, 0.717) is 40.9 Å². The summed E-state index contributed by atoms with van der Waals surface area (Å²) in [5.41, 5.74) is 15.4. The number of hydrogen-bond donors (Lipinski definition) is 3. The summed E-state index contributed by atoms with van der Waals surface area (Å²) >= 11 is 0. The van der Waals surface area contributed by atoms with E-state index < -0.39 is 5.91 Å². The van der Waals surface area contributed by atoms with Crippen LogP contribution in [0.4, 0.5) is 22.7 Å². The molecule has 0 bridgehead atoms. The number of nitrogens with one attached hydrogen (secondary N) is 1. The van der Waals surface area contributed by atoms with Crippen LogP contribution in [0, 0.1) is 0 Å². The third-order valence-electron chi connectivity index (χ3n) is 4.91. The summed E-state index contributed by atoms with van der Waals surface area (Å²) in [6.45, 7) is 0.589. The van der Waals surface area contributed by atoms with Gasteiger partial charge in [-0.25, -0.2) is 5.32 Å². The van der Waals surface area contributed by atoms with Crippen molar-refractivity contribution < 1.29 is 19.0 Å². The van der Waals surface area contributed by atoms with E-state index in [-0.39, 0.29) is 0 Å². The Morgan fingerprint density at radius 2 is 1.64 bits per heavy atom. The lowest BCUT2D eigenvalue weighted by Gasteiger charge is -2.15. The number of amides is 1. The Morgan fingerprint density at radius 1 is 0.970 bits per heavy atom. The van der Waals surface area contributed by atoms with Gasteiger partial charge in [0.05, 0.1) is 38.4 Å². The third-order valence-corrected chi connectivity index (χ3v) is 4.91. The topological polar surface area (TPSA) is 123 Å². The number of carbonyl (C=O) groups is 1. The predicted molar refractivity (Wildman–Crippen MR) is 131 cm³/mol. The number of benzene rings is 3. The molecule has 0 aliphatic carbocycles. The highest BCUT2D eigenvalue weighted by molar-refractivity contribution is 5.96. The van der Waals surface area contributed by atoms with Crippen LogP contribution in [-0.4, -0.2) is 27.2 Å². The first-order chi connectivity index (χ1) is 15.9. The summed E-state index contributed by atoms with van der Waals surface area (Å²) in [7, 11) is 4.73. The SMILES string of the molecule is COc1cc(NCc2ccc(C=CC(=O)[N]c3cccc(N)c3N)cc2)cc(OC)c1OC. The number of para-hydroxylation sites is 1. The minimum absolute atomic E-state index is 0.295. The summed E-state index contributed by atoms with van der Waals surface area (Å²) in [5.74, 6) is 1.28. The first kappa shape index (κ1) is 23.3. The average Bonchev–Trinajstić information content (AvgIpc) is 2.84. The molecule has 171 valence electrons. The first-order valence-corrected chi connectivity index (χ1v) is 10.2. The maximum atomic E-state index is 12.1. The van der Waals surface area contributed by atoms with E-state index in [1.54, 1.807) is 45.6 Å². The lowest BCUT2D eigenvalue weighted by molar-refractivity contribution is -0.115. The monoisotopic (exact) mass is 447 g/mol. The molecule has 0 atom stereocenters. The average molecular weight is 448 g/mol. The molecular formula is C25H27N4O4. The fourth-order valence-corrected chi connectivity index (χ4v) is 3.13. The van der Waals surface area contributed by atoms with Gasteiger partial charge in [0.1, 0.15) is 0 Å². The number of nitrogens with two attached hydrogens (primary N) is 2. The molecule has 0 aliphatic heterocycles. The number of nitrogens with zero attached hydrogens (tertiary/aromatic N) is 1. The number of hydrogen-bond acceptors (Lipinski definition) is 7. The number of methoxy groups -OCH3 is 3. The molecule has 1 amide bonds. The van der Waals surface area contributed by atoms with Crippen molar-refractivity contribution in [3.63, 3.8) is 0 Å². The van der Waals surface area contributed by atoms with Crippen molar-refractivity contribution in [1.82, 2.24) is 5.32 Å². The lowest BCUT2D eigenvalue weighted by Crippen LogP contribution is -2.09. The zero-order valence-corrected chi connectivity index (χ0v) is 18.8. The molecule has 1 radical (unpaired) electrons. The highest BCUT2D eigenvalue weighted by Crippen LogP contribution is 2.40. The predicted octanol–water partition coefficient (Wildman–Crippen LogP) is 3.96. The van der Waals surface area contributed by atoms with Gasteiger partial charge in [-0.05, 0) is 29.3 Å². The van der Waals surface area contributed by atoms with E-state index in [0.717, 1.165) is 16.8 Å². The molecule has 0 aliphatic rings. The Labute approximate surface area is 193 Å². The summed E-state index contributed by atoms with van der Waals surface area (Å²) in [4.78, 5) is 12.1. The number of anilines is 3. The zero-order valence-electron chi connectivity index (χ0n) is 18.8. The molecule has 8 heteroatoms. The van der Waals surface area contributed by atoms with Crippen molar-refractivity contribution >= 4 is 34.7 Å². The quantitative estimate of drug-likeness (QED) is 0.335. The van der Waals surface area contributed by atoms with E-state index in [4.69, 9.17) is 25.7 Å². The number of rotatable bonds is 9. The summed E-state index contributed by atoms with van der Waals surface area (Å²) in [6, 6.07) is 16.5. The van der Waals surface area contributed by atoms with Crippen LogP contribution < -0.4 is 36.3 Å². The molecule has 3 rings (SSSR count). The molecule has 0 saturated heterocycles. The molecule has 3 aromatic carbocycles. The van der Waals surface area contributed by atoms with Crippen molar-refractivity contribution in [3.05, 3.63) is 71.8 Å². The number of nitrogen functional groups attached to an aromatic ring is 2. The van der Waals surface area contributed by atoms with Crippen molar-refractivity contribution in [1.29, 1.82) is 0 Å². The van der Waals surface area contributed by atoms with Crippen LogP contribution in [-0.2, 0) is 11.3 Å². The molecule has 0 fully saturated rings. The van der Waals surface area contributed by atoms with Gasteiger partial charge < -0.3 is 31.0 Å². The van der Waals surface area contributed by atoms with Gasteiger partial charge in [-0.3, -0.25) is 4.79 Å². The molecule has 0 unspecified atom stereocenters. The molecule has 8 nitrogen and oxygen atoms in total. The van der Waals surface area contributed by atoms with E-state index in [2.05, 4.69) is 10.6 Å². The van der Waals surface area contributed by atoms with Gasteiger partial charge in [-0.2, -0.15) is 0 Å². The molecular weight excluding hydrogens is 420 g/mol. The Kier molecular flexibility index (Phi) is 7.64. The summed E-state index contributed by atoms with van der Waals surface area (Å²) in [5, 5.41) is 7.33. The van der Waals surface area contributed by atoms with E-state index in [9.17, 15) is 4.79 Å². The van der Waals surface area contributed by atoms with Gasteiger partial charge >= 0.3 is 0 Å². The van der Waals surface area contributed by atoms with Crippen LogP contribution in [0.15, 0.2) is 60.7 Å². The third kappa shape index (κ3) is 5.88. The second kappa shape index (κ2) is 10.8. The highest BCUT2D eigenvalue weighted by atomic mass is 16.5. The van der Waals surface area contributed by atoms with Crippen molar-refractivity contribution in [3.8, 4) is 17.2 Å². The van der Waals surface area contributed by atoms with Crippen molar-refractivity contribution in [2.75, 3.05) is 38.1 Å². The summed E-state index contributed by atoms with van der Waals surface area (Å²) < 4.78 is 16.1. The second-order valence-electron chi connectivity index (χ2n) is 7.07. The Bertz CT molecular complexity index is 1120. The van der Waals surface area contributed by atoms with Gasteiger partial charge in [0.2, 0.25) is 5.75 Å². The van der Waals surface area contributed by atoms with Crippen LogP contribution in [0.5, 0.6) is 17.2 Å². The Morgan fingerprint density at radius 3 is 2.24 bits per heavy atom. The zero-order chi connectivity index (χ0) is 23.8. The van der Waals surface area contributed by atoms with E-state index >= 15 is 0 Å². The Hall–Kier alpha value is -4.33. The normalized spacial score (nSPS) is 10.6. The van der Waals surface area contributed by atoms with Crippen LogP contribution in [0.3, 0.4) is 0 Å². The molecule has 0 aromatic heterocycles. The molecule has 33 heavy (non-hydrogen) atoms. The Balaban J connectivity index is 1.60. The van der Waals surface area contributed by atoms with Gasteiger partial charge in [0.25, 0.3) is 5.91 Å². The summed E-state index contributed by atoms with van der Waals surface area (Å²) in [6.07, 6.45) is 3.09. The fraction of sp³-hybridized carbons (Fsp3) is 0.160. The van der Waals surface area contributed by atoms with E-state index in [1.807, 2.05) is 36.4 Å². The number of carbonyl (C=O) groups excluding carboxylic acids is 1. The van der Waals surface area contributed by atoms with Crippen LogP contribution in [0.2, 0.25) is 0 Å². The van der Waals surface area contributed by atoms with Gasteiger partial charge in [-0.15, -0.1) is 0 Å². The molecule has 0 saturated carbocycles. The molecule has 0 heterocycles. The van der Waals surface area contributed by atoms with Crippen LogP contribution >= 0.6 is 0 Å². The molecule has 5 N–H and O–H groups in total. The lowest BCUT2D eigenvalue weighted by atomic mass is 10.1. The molecule has 0 spiro atoms. The largest absolute Gasteiger partial charge is 0.493 e. The van der Waals surface area contributed by atoms with E-state index in [1.165, 1.54) is 6.08 Å². The van der Waals surface area contributed by atoms with Crippen LogP contribution in [0.25, 0.3) is 6.08 Å². The fourth-order valence-electron chi connectivity index (χ4n) is 3.13. The maximum Gasteiger partial charge on any atom is 0.270 e. The first-order valence-electron chi connectivity index (χ1n) is 10.2. The minimum atomic E-state index is -0.416.